The summed E-state index contributed by atoms with van der Waals surface area (Å²) in [7, 11) is -2.06. The number of carbonyl (C=O) groups excluding carboxylic acids is 1. The van der Waals surface area contributed by atoms with E-state index in [0.29, 0.717) is 43.5 Å². The Labute approximate surface area is 183 Å². The number of likely N-dealkylation sites (tertiary alicyclic amines) is 1. The minimum atomic E-state index is -3.55. The lowest BCUT2D eigenvalue weighted by molar-refractivity contribution is 0.0519. The van der Waals surface area contributed by atoms with Crippen molar-refractivity contribution < 1.29 is 22.7 Å². The highest BCUT2D eigenvalue weighted by Gasteiger charge is 2.28. The van der Waals surface area contributed by atoms with Crippen molar-refractivity contribution in [1.82, 2.24) is 19.2 Å². The first-order valence-corrected chi connectivity index (χ1v) is 11.8. The molecule has 3 rings (SSSR count). The molecule has 1 aromatic heterocycles. The maximum Gasteiger partial charge on any atom is 0.278 e. The van der Waals surface area contributed by atoms with Gasteiger partial charge in [0.25, 0.3) is 17.7 Å². The number of rotatable bonds is 8. The Kier molecular flexibility index (Phi) is 7.45. The first-order valence-electron chi connectivity index (χ1n) is 10.3. The second-order valence-electron chi connectivity index (χ2n) is 7.12. The van der Waals surface area contributed by atoms with Gasteiger partial charge < -0.3 is 14.4 Å². The summed E-state index contributed by atoms with van der Waals surface area (Å²) >= 11 is 0. The van der Waals surface area contributed by atoms with E-state index < -0.39 is 10.0 Å². The van der Waals surface area contributed by atoms with Gasteiger partial charge in [-0.3, -0.25) is 4.79 Å². The molecule has 1 unspecified atom stereocenters. The highest BCUT2D eigenvalue weighted by molar-refractivity contribution is 7.89. The number of ether oxygens (including phenoxy) is 2. The molecule has 2 aromatic rings. The van der Waals surface area contributed by atoms with Crippen LogP contribution in [0.1, 0.15) is 37.0 Å². The third-order valence-electron chi connectivity index (χ3n) is 5.21. The standard InChI is InChI=1S/C21H28N4O5S/c1-4-25(5-2)31(27,28)18-10-8-16(9-11-18)21(26)24-14-6-7-17(15-24)30-20-19(29-3)22-12-13-23-20/h8-13,17H,4-7,14-15H2,1-3H3. The molecule has 1 fully saturated rings. The maximum absolute atomic E-state index is 13.0. The number of amides is 1. The fourth-order valence-electron chi connectivity index (χ4n) is 3.57. The van der Waals surface area contributed by atoms with Crippen LogP contribution in [0.4, 0.5) is 0 Å². The van der Waals surface area contributed by atoms with Crippen LogP contribution in [0.15, 0.2) is 41.6 Å². The smallest absolute Gasteiger partial charge is 0.278 e. The number of methoxy groups -OCH3 is 1. The Balaban J connectivity index is 1.69. The predicted octanol–water partition coefficient (Wildman–Crippen LogP) is 2.20. The van der Waals surface area contributed by atoms with Crippen LogP contribution in [0, 0.1) is 0 Å². The van der Waals surface area contributed by atoms with E-state index >= 15 is 0 Å². The quantitative estimate of drug-likeness (QED) is 0.610. The lowest BCUT2D eigenvalue weighted by Gasteiger charge is -2.32. The lowest BCUT2D eigenvalue weighted by Crippen LogP contribution is -2.44. The summed E-state index contributed by atoms with van der Waals surface area (Å²) in [6.07, 6.45) is 4.38. The van der Waals surface area contributed by atoms with Crippen LogP contribution in [-0.4, -0.2) is 72.9 Å². The lowest BCUT2D eigenvalue weighted by atomic mass is 10.1. The van der Waals surface area contributed by atoms with Gasteiger partial charge in [-0.1, -0.05) is 13.8 Å². The van der Waals surface area contributed by atoms with Gasteiger partial charge >= 0.3 is 0 Å². The number of nitrogens with zero attached hydrogens (tertiary/aromatic N) is 4. The molecule has 1 aliphatic rings. The Morgan fingerprint density at radius 3 is 2.39 bits per heavy atom. The van der Waals surface area contributed by atoms with Crippen molar-refractivity contribution in [1.29, 1.82) is 0 Å². The molecule has 2 heterocycles. The van der Waals surface area contributed by atoms with Crippen molar-refractivity contribution in [2.24, 2.45) is 0 Å². The normalized spacial score (nSPS) is 16.9. The Bertz CT molecular complexity index is 993. The average molecular weight is 449 g/mol. The molecule has 1 saturated heterocycles. The van der Waals surface area contributed by atoms with E-state index in [1.165, 1.54) is 35.9 Å². The van der Waals surface area contributed by atoms with E-state index in [1.807, 2.05) is 0 Å². The molecule has 31 heavy (non-hydrogen) atoms. The molecule has 0 N–H and O–H groups in total. The molecule has 168 valence electrons. The number of benzene rings is 1. The third kappa shape index (κ3) is 5.13. The van der Waals surface area contributed by atoms with E-state index in [9.17, 15) is 13.2 Å². The second-order valence-corrected chi connectivity index (χ2v) is 9.06. The fourth-order valence-corrected chi connectivity index (χ4v) is 5.03. The first kappa shape index (κ1) is 23.0. The monoisotopic (exact) mass is 448 g/mol. The highest BCUT2D eigenvalue weighted by atomic mass is 32.2. The van der Waals surface area contributed by atoms with Gasteiger partial charge in [-0.15, -0.1) is 0 Å². The number of sulfonamides is 1. The molecule has 1 atom stereocenters. The van der Waals surface area contributed by atoms with E-state index in [0.717, 1.165) is 12.8 Å². The zero-order valence-electron chi connectivity index (χ0n) is 18.0. The summed E-state index contributed by atoms with van der Waals surface area (Å²) in [6.45, 7) is 5.39. The van der Waals surface area contributed by atoms with Crippen LogP contribution < -0.4 is 9.47 Å². The van der Waals surface area contributed by atoms with Crippen molar-refractivity contribution in [3.05, 3.63) is 42.2 Å². The zero-order valence-corrected chi connectivity index (χ0v) is 18.8. The molecule has 0 bridgehead atoms. The van der Waals surface area contributed by atoms with Gasteiger partial charge in [0.2, 0.25) is 10.0 Å². The first-order chi connectivity index (χ1) is 14.9. The van der Waals surface area contributed by atoms with Crippen LogP contribution >= 0.6 is 0 Å². The Morgan fingerprint density at radius 2 is 1.77 bits per heavy atom. The number of aromatic nitrogens is 2. The number of carbonyl (C=O) groups is 1. The summed E-state index contributed by atoms with van der Waals surface area (Å²) in [6, 6.07) is 6.11. The summed E-state index contributed by atoms with van der Waals surface area (Å²) in [4.78, 5) is 23.1. The second kappa shape index (κ2) is 10.1. The van der Waals surface area contributed by atoms with Gasteiger partial charge in [-0.05, 0) is 37.1 Å². The number of hydrogen-bond acceptors (Lipinski definition) is 7. The van der Waals surface area contributed by atoms with E-state index in [2.05, 4.69) is 9.97 Å². The van der Waals surface area contributed by atoms with Crippen LogP contribution in [0.25, 0.3) is 0 Å². The number of hydrogen-bond donors (Lipinski definition) is 0. The summed E-state index contributed by atoms with van der Waals surface area (Å²) in [5, 5.41) is 0. The van der Waals surface area contributed by atoms with Crippen LogP contribution in [0.2, 0.25) is 0 Å². The van der Waals surface area contributed by atoms with Crippen molar-refractivity contribution >= 4 is 15.9 Å². The van der Waals surface area contributed by atoms with E-state index in [-0.39, 0.29) is 16.9 Å². The van der Waals surface area contributed by atoms with Crippen molar-refractivity contribution in [3.8, 4) is 11.8 Å². The molecule has 1 aromatic carbocycles. The maximum atomic E-state index is 13.0. The molecule has 0 aliphatic carbocycles. The molecular formula is C21H28N4O5S. The Hall–Kier alpha value is -2.72. The van der Waals surface area contributed by atoms with Crippen LogP contribution in [0.3, 0.4) is 0 Å². The zero-order chi connectivity index (χ0) is 22.4. The van der Waals surface area contributed by atoms with Gasteiger partial charge in [0.15, 0.2) is 0 Å². The molecule has 9 nitrogen and oxygen atoms in total. The average Bonchev–Trinajstić information content (AvgIpc) is 2.80. The summed E-state index contributed by atoms with van der Waals surface area (Å²) < 4.78 is 37.8. The molecule has 1 amide bonds. The predicted molar refractivity (Wildman–Crippen MR) is 115 cm³/mol. The minimum absolute atomic E-state index is 0.161. The van der Waals surface area contributed by atoms with Gasteiger partial charge in [0.05, 0.1) is 18.6 Å². The number of piperidine rings is 1. The molecule has 0 spiro atoms. The fraction of sp³-hybridized carbons (Fsp3) is 0.476. The van der Waals surface area contributed by atoms with Crippen LogP contribution in [0.5, 0.6) is 11.8 Å². The summed E-state index contributed by atoms with van der Waals surface area (Å²) in [5.41, 5.74) is 0.441. The van der Waals surface area contributed by atoms with Gasteiger partial charge in [0.1, 0.15) is 6.10 Å². The topological polar surface area (TPSA) is 102 Å². The summed E-state index contributed by atoms with van der Waals surface area (Å²) in [5.74, 6) is 0.442. The minimum Gasteiger partial charge on any atom is -0.477 e. The van der Waals surface area contributed by atoms with Crippen molar-refractivity contribution in [3.63, 3.8) is 0 Å². The van der Waals surface area contributed by atoms with Crippen LogP contribution in [-0.2, 0) is 10.0 Å². The SMILES string of the molecule is CCN(CC)S(=O)(=O)c1ccc(C(=O)N2CCCC(Oc3nccnc3OC)C2)cc1. The molecular weight excluding hydrogens is 420 g/mol. The van der Waals surface area contributed by atoms with E-state index in [1.54, 1.807) is 30.9 Å². The molecule has 10 heteroatoms. The Morgan fingerprint density at radius 1 is 1.13 bits per heavy atom. The van der Waals surface area contributed by atoms with Crippen molar-refractivity contribution in [2.75, 3.05) is 33.3 Å². The largest absolute Gasteiger partial charge is 0.477 e. The molecule has 1 aliphatic heterocycles. The van der Waals surface area contributed by atoms with E-state index in [4.69, 9.17) is 9.47 Å². The molecule has 0 saturated carbocycles. The van der Waals surface area contributed by atoms with Gasteiger partial charge in [-0.25, -0.2) is 18.4 Å². The third-order valence-corrected chi connectivity index (χ3v) is 7.28. The highest BCUT2D eigenvalue weighted by Crippen LogP contribution is 2.25. The van der Waals surface area contributed by atoms with Gasteiger partial charge in [0, 0.05) is 37.6 Å². The molecule has 0 radical (unpaired) electrons. The van der Waals surface area contributed by atoms with Gasteiger partial charge in [-0.2, -0.15) is 4.31 Å². The van der Waals surface area contributed by atoms with Crippen molar-refractivity contribution in [2.45, 2.75) is 37.7 Å².